The number of nitrogens with zero attached hydrogens (tertiary/aromatic N) is 2. The third-order valence-corrected chi connectivity index (χ3v) is 5.34. The van der Waals surface area contributed by atoms with Gasteiger partial charge in [-0.25, -0.2) is 9.97 Å². The highest BCUT2D eigenvalue weighted by molar-refractivity contribution is 7.19. The van der Waals surface area contributed by atoms with E-state index in [1.165, 1.54) is 10.4 Å². The van der Waals surface area contributed by atoms with Crippen LogP contribution in [0.25, 0.3) is 21.3 Å². The van der Waals surface area contributed by atoms with Crippen LogP contribution in [0, 0.1) is 13.8 Å². The number of anilines is 2. The van der Waals surface area contributed by atoms with Crippen molar-refractivity contribution in [3.8, 4) is 11.1 Å². The highest BCUT2D eigenvalue weighted by Crippen LogP contribution is 2.41. The Morgan fingerprint density at radius 2 is 1.80 bits per heavy atom. The number of hydrogen-bond donors (Lipinski definition) is 1. The molecule has 4 rings (SSSR count). The van der Waals surface area contributed by atoms with Crippen LogP contribution in [0.2, 0.25) is 5.02 Å². The third-order valence-electron chi connectivity index (χ3n) is 4.08. The molecule has 124 valence electrons. The molecule has 0 spiro atoms. The number of halogens is 1. The molecule has 0 aliphatic heterocycles. The Balaban J connectivity index is 1.89. The summed E-state index contributed by atoms with van der Waals surface area (Å²) in [7, 11) is 0. The summed E-state index contributed by atoms with van der Waals surface area (Å²) in [6, 6.07) is 16.2. The van der Waals surface area contributed by atoms with Crippen molar-refractivity contribution in [1.82, 2.24) is 9.97 Å². The van der Waals surface area contributed by atoms with Gasteiger partial charge in [0.15, 0.2) is 0 Å². The summed E-state index contributed by atoms with van der Waals surface area (Å²) in [5, 5.41) is 5.23. The minimum atomic E-state index is 0.732. The molecule has 0 amide bonds. The molecule has 3 nitrogen and oxygen atoms in total. The van der Waals surface area contributed by atoms with Crippen LogP contribution in [0.4, 0.5) is 11.5 Å². The first-order valence-corrected chi connectivity index (χ1v) is 9.15. The van der Waals surface area contributed by atoms with Gasteiger partial charge in [-0.15, -0.1) is 11.3 Å². The van der Waals surface area contributed by atoms with Gasteiger partial charge >= 0.3 is 0 Å². The lowest BCUT2D eigenvalue weighted by Gasteiger charge is -2.09. The maximum atomic E-state index is 6.05. The fourth-order valence-corrected chi connectivity index (χ4v) is 4.10. The summed E-state index contributed by atoms with van der Waals surface area (Å²) in [6.45, 7) is 4.20. The molecule has 4 aromatic rings. The topological polar surface area (TPSA) is 37.8 Å². The van der Waals surface area contributed by atoms with Gasteiger partial charge in [0, 0.05) is 21.2 Å². The maximum Gasteiger partial charge on any atom is 0.143 e. The van der Waals surface area contributed by atoms with E-state index in [9.17, 15) is 0 Å². The van der Waals surface area contributed by atoms with Gasteiger partial charge in [0.2, 0.25) is 0 Å². The van der Waals surface area contributed by atoms with Gasteiger partial charge in [-0.05, 0) is 49.2 Å². The van der Waals surface area contributed by atoms with E-state index >= 15 is 0 Å². The average Bonchev–Trinajstić information content (AvgIpc) is 2.93. The minimum absolute atomic E-state index is 0.732. The van der Waals surface area contributed by atoms with Crippen molar-refractivity contribution in [3.63, 3.8) is 0 Å². The summed E-state index contributed by atoms with van der Waals surface area (Å²) in [5.41, 5.74) is 4.50. The van der Waals surface area contributed by atoms with Crippen LogP contribution in [0.5, 0.6) is 0 Å². The van der Waals surface area contributed by atoms with E-state index in [1.54, 1.807) is 17.7 Å². The predicted octanol–water partition coefficient (Wildman–Crippen LogP) is 6.37. The van der Waals surface area contributed by atoms with Gasteiger partial charge in [0.05, 0.1) is 5.39 Å². The Morgan fingerprint density at radius 1 is 1.00 bits per heavy atom. The number of aryl methyl sites for hydroxylation is 2. The normalized spacial score (nSPS) is 11.0. The largest absolute Gasteiger partial charge is 0.340 e. The molecular weight excluding hydrogens is 350 g/mol. The van der Waals surface area contributed by atoms with Gasteiger partial charge in [-0.3, -0.25) is 0 Å². The number of fused-ring (bicyclic) bond motifs is 1. The smallest absolute Gasteiger partial charge is 0.143 e. The summed E-state index contributed by atoms with van der Waals surface area (Å²) in [4.78, 5) is 11.2. The summed E-state index contributed by atoms with van der Waals surface area (Å²) in [6.07, 6.45) is 1.61. The van der Waals surface area contributed by atoms with E-state index in [-0.39, 0.29) is 0 Å². The summed E-state index contributed by atoms with van der Waals surface area (Å²) >= 11 is 7.73. The molecule has 0 aliphatic rings. The highest BCUT2D eigenvalue weighted by atomic mass is 35.5. The molecule has 5 heteroatoms. The van der Waals surface area contributed by atoms with E-state index in [2.05, 4.69) is 41.3 Å². The fraction of sp³-hybridized carbons (Fsp3) is 0.100. The van der Waals surface area contributed by atoms with Gasteiger partial charge in [0.1, 0.15) is 17.0 Å². The number of nitrogens with one attached hydrogen (secondary N) is 1. The van der Waals surface area contributed by atoms with Crippen molar-refractivity contribution in [2.75, 3.05) is 5.32 Å². The Labute approximate surface area is 155 Å². The standard InChI is InChI=1S/C20H16ClN3S/c1-12-4-3-5-16(10-12)24-19-18-17(14-6-8-15(21)9-7-14)13(2)25-20(18)23-11-22-19/h3-11H,1-2H3,(H,22,23,24). The number of thiophene rings is 1. The van der Waals surface area contributed by atoms with Gasteiger partial charge < -0.3 is 5.32 Å². The lowest BCUT2D eigenvalue weighted by atomic mass is 10.0. The molecule has 0 saturated carbocycles. The summed E-state index contributed by atoms with van der Waals surface area (Å²) < 4.78 is 0. The monoisotopic (exact) mass is 365 g/mol. The molecule has 0 aliphatic carbocycles. The molecule has 0 atom stereocenters. The number of hydrogen-bond acceptors (Lipinski definition) is 4. The highest BCUT2D eigenvalue weighted by Gasteiger charge is 2.16. The molecule has 2 aromatic heterocycles. The molecule has 0 unspecified atom stereocenters. The van der Waals surface area contributed by atoms with Crippen LogP contribution in [-0.4, -0.2) is 9.97 Å². The minimum Gasteiger partial charge on any atom is -0.340 e. The van der Waals surface area contributed by atoms with Crippen molar-refractivity contribution in [2.45, 2.75) is 13.8 Å². The lowest BCUT2D eigenvalue weighted by Crippen LogP contribution is -1.96. The predicted molar refractivity (Wildman–Crippen MR) is 107 cm³/mol. The maximum absolute atomic E-state index is 6.05. The van der Waals surface area contributed by atoms with E-state index < -0.39 is 0 Å². The summed E-state index contributed by atoms with van der Waals surface area (Å²) in [5.74, 6) is 0.824. The molecule has 0 fully saturated rings. The lowest BCUT2D eigenvalue weighted by molar-refractivity contribution is 1.23. The van der Waals surface area contributed by atoms with Crippen molar-refractivity contribution in [2.24, 2.45) is 0 Å². The Bertz CT molecular complexity index is 1050. The van der Waals surface area contributed by atoms with Crippen molar-refractivity contribution >= 4 is 44.7 Å². The zero-order chi connectivity index (χ0) is 17.4. The van der Waals surface area contributed by atoms with Crippen LogP contribution >= 0.6 is 22.9 Å². The first kappa shape index (κ1) is 16.1. The van der Waals surface area contributed by atoms with Crippen LogP contribution in [0.1, 0.15) is 10.4 Å². The second-order valence-corrected chi connectivity index (χ2v) is 7.58. The molecule has 0 radical (unpaired) electrons. The Morgan fingerprint density at radius 3 is 2.56 bits per heavy atom. The first-order valence-electron chi connectivity index (χ1n) is 7.95. The first-order chi connectivity index (χ1) is 12.1. The molecule has 0 bridgehead atoms. The zero-order valence-electron chi connectivity index (χ0n) is 13.9. The second-order valence-electron chi connectivity index (χ2n) is 5.94. The Kier molecular flexibility index (Phi) is 4.15. The second kappa shape index (κ2) is 6.47. The van der Waals surface area contributed by atoms with Crippen molar-refractivity contribution in [3.05, 3.63) is 70.3 Å². The van der Waals surface area contributed by atoms with Crippen molar-refractivity contribution < 1.29 is 0 Å². The number of rotatable bonds is 3. The van der Waals surface area contributed by atoms with E-state index in [0.717, 1.165) is 37.9 Å². The average molecular weight is 366 g/mol. The SMILES string of the molecule is Cc1cccc(Nc2ncnc3sc(C)c(-c4ccc(Cl)cc4)c23)c1. The Hall–Kier alpha value is -2.43. The third kappa shape index (κ3) is 3.11. The molecule has 2 heterocycles. The number of aromatic nitrogens is 2. The van der Waals surface area contributed by atoms with E-state index in [4.69, 9.17) is 11.6 Å². The molecule has 0 saturated heterocycles. The molecule has 2 aromatic carbocycles. The molecule has 25 heavy (non-hydrogen) atoms. The van der Waals surface area contributed by atoms with Gasteiger partial charge in [0.25, 0.3) is 0 Å². The molecular formula is C20H16ClN3S. The quantitative estimate of drug-likeness (QED) is 0.458. The zero-order valence-corrected chi connectivity index (χ0v) is 15.4. The van der Waals surface area contributed by atoms with E-state index in [1.807, 2.05) is 36.4 Å². The van der Waals surface area contributed by atoms with E-state index in [0.29, 0.717) is 0 Å². The van der Waals surface area contributed by atoms with Crippen LogP contribution in [0.3, 0.4) is 0 Å². The van der Waals surface area contributed by atoms with Crippen LogP contribution in [0.15, 0.2) is 54.9 Å². The van der Waals surface area contributed by atoms with Crippen LogP contribution in [-0.2, 0) is 0 Å². The van der Waals surface area contributed by atoms with Gasteiger partial charge in [-0.1, -0.05) is 35.9 Å². The number of benzene rings is 2. The van der Waals surface area contributed by atoms with Gasteiger partial charge in [-0.2, -0.15) is 0 Å². The molecule has 1 N–H and O–H groups in total. The van der Waals surface area contributed by atoms with Crippen molar-refractivity contribution in [1.29, 1.82) is 0 Å². The fourth-order valence-electron chi connectivity index (χ4n) is 2.96. The van der Waals surface area contributed by atoms with Crippen LogP contribution < -0.4 is 5.32 Å².